The summed E-state index contributed by atoms with van der Waals surface area (Å²) in [7, 11) is -0.962. The summed E-state index contributed by atoms with van der Waals surface area (Å²) in [5.41, 5.74) is 4.26. The normalized spacial score (nSPS) is 17.9. The standard InChI is InChI=1S/C29H44BFO4Si/c1-19(2)36(20(3)4,21(5)6)15-14-24-26(31)13-12-22-16-23(33-18-32-11)17-25(27(22)24)30-34-28(7,8)29(9,10)35-30/h12-17,19-21H,18H2,1-11H3. The number of fused-ring (bicyclic) bond motifs is 1. The molecule has 36 heavy (non-hydrogen) atoms. The fourth-order valence-electron chi connectivity index (χ4n) is 5.81. The maximum atomic E-state index is 15.6. The second-order valence-electron chi connectivity index (χ2n) is 12.0. The monoisotopic (exact) mass is 514 g/mol. The van der Waals surface area contributed by atoms with Gasteiger partial charge in [-0.3, -0.25) is 0 Å². The van der Waals surface area contributed by atoms with E-state index in [0.717, 1.165) is 16.2 Å². The lowest BCUT2D eigenvalue weighted by Crippen LogP contribution is -2.42. The smallest absolute Gasteiger partial charge is 0.468 e. The van der Waals surface area contributed by atoms with Gasteiger partial charge in [0.2, 0.25) is 0 Å². The highest BCUT2D eigenvalue weighted by Crippen LogP contribution is 2.43. The zero-order chi connectivity index (χ0) is 27.1. The van der Waals surface area contributed by atoms with Gasteiger partial charge < -0.3 is 18.8 Å². The Morgan fingerprint density at radius 2 is 1.50 bits per heavy atom. The van der Waals surface area contributed by atoms with Crippen molar-refractivity contribution in [2.45, 2.75) is 97.1 Å². The first-order valence-electron chi connectivity index (χ1n) is 13.1. The molecule has 1 aliphatic rings. The van der Waals surface area contributed by atoms with Crippen LogP contribution in [0.15, 0.2) is 30.0 Å². The van der Waals surface area contributed by atoms with Crippen LogP contribution in [-0.2, 0) is 14.0 Å². The van der Waals surface area contributed by atoms with Crippen molar-refractivity contribution in [1.29, 1.82) is 0 Å². The molecule has 0 aromatic heterocycles. The minimum Gasteiger partial charge on any atom is -0.468 e. The summed E-state index contributed by atoms with van der Waals surface area (Å²) < 4.78 is 39.4. The topological polar surface area (TPSA) is 36.9 Å². The third-order valence-corrected chi connectivity index (χ3v) is 15.2. The first-order valence-corrected chi connectivity index (χ1v) is 15.4. The molecule has 1 aliphatic heterocycles. The number of hydrogen-bond donors (Lipinski definition) is 0. The van der Waals surface area contributed by atoms with E-state index in [0.29, 0.717) is 27.9 Å². The van der Waals surface area contributed by atoms with Gasteiger partial charge in [0.25, 0.3) is 0 Å². The molecule has 7 heteroatoms. The molecule has 0 aliphatic carbocycles. The van der Waals surface area contributed by atoms with E-state index in [1.54, 1.807) is 19.2 Å². The highest BCUT2D eigenvalue weighted by atomic mass is 28.3. The lowest BCUT2D eigenvalue weighted by molar-refractivity contribution is 0.00578. The van der Waals surface area contributed by atoms with Gasteiger partial charge in [-0.1, -0.05) is 59.4 Å². The molecular weight excluding hydrogens is 470 g/mol. The maximum absolute atomic E-state index is 15.6. The number of benzene rings is 2. The highest BCUT2D eigenvalue weighted by molar-refractivity contribution is 6.88. The largest absolute Gasteiger partial charge is 0.495 e. The second kappa shape index (κ2) is 10.6. The van der Waals surface area contributed by atoms with Crippen molar-refractivity contribution in [3.8, 4) is 5.75 Å². The van der Waals surface area contributed by atoms with Crippen LogP contribution in [0, 0.1) is 5.82 Å². The van der Waals surface area contributed by atoms with E-state index >= 15 is 4.39 Å². The van der Waals surface area contributed by atoms with Gasteiger partial charge in [-0.2, -0.15) is 0 Å². The maximum Gasteiger partial charge on any atom is 0.495 e. The molecular formula is C29H44BFO4Si. The summed E-state index contributed by atoms with van der Waals surface area (Å²) in [4.78, 5) is 0. The van der Waals surface area contributed by atoms with Crippen LogP contribution in [0.3, 0.4) is 0 Å². The van der Waals surface area contributed by atoms with Crippen LogP contribution in [0.25, 0.3) is 16.8 Å². The number of hydrogen-bond acceptors (Lipinski definition) is 4. The Morgan fingerprint density at radius 1 is 0.944 bits per heavy atom. The minimum atomic E-state index is -1.90. The van der Waals surface area contributed by atoms with Gasteiger partial charge in [0.1, 0.15) is 11.6 Å². The van der Waals surface area contributed by atoms with E-state index in [4.69, 9.17) is 18.8 Å². The van der Waals surface area contributed by atoms with Gasteiger partial charge in [0, 0.05) is 12.7 Å². The summed E-state index contributed by atoms with van der Waals surface area (Å²) in [5.74, 6) is 0.382. The molecule has 2 aromatic rings. The molecule has 0 saturated carbocycles. The van der Waals surface area contributed by atoms with Crippen molar-refractivity contribution in [1.82, 2.24) is 0 Å². The fourth-order valence-corrected chi connectivity index (χ4v) is 11.4. The van der Waals surface area contributed by atoms with Crippen molar-refractivity contribution in [3.05, 3.63) is 41.3 Å². The molecule has 0 spiro atoms. The van der Waals surface area contributed by atoms with E-state index in [1.165, 1.54) is 0 Å². The van der Waals surface area contributed by atoms with Crippen molar-refractivity contribution in [2.75, 3.05) is 13.9 Å². The van der Waals surface area contributed by atoms with Crippen LogP contribution in [-0.4, -0.2) is 40.3 Å². The lowest BCUT2D eigenvalue weighted by atomic mass is 9.74. The average Bonchev–Trinajstić information content (AvgIpc) is 2.99. The highest BCUT2D eigenvalue weighted by Gasteiger charge is 2.52. The molecule has 0 atom stereocenters. The number of rotatable bonds is 9. The Labute approximate surface area is 218 Å². The van der Waals surface area contributed by atoms with E-state index in [-0.39, 0.29) is 12.6 Å². The predicted molar refractivity (Wildman–Crippen MR) is 152 cm³/mol. The molecule has 0 N–H and O–H groups in total. The van der Waals surface area contributed by atoms with Gasteiger partial charge in [-0.25, -0.2) is 4.39 Å². The zero-order valence-electron chi connectivity index (χ0n) is 24.0. The third kappa shape index (κ3) is 5.17. The zero-order valence-corrected chi connectivity index (χ0v) is 25.0. The van der Waals surface area contributed by atoms with Gasteiger partial charge in [-0.15, -0.1) is 0 Å². The van der Waals surface area contributed by atoms with E-state index < -0.39 is 26.4 Å². The fraction of sp³-hybridized carbons (Fsp3) is 0.586. The molecule has 1 fully saturated rings. The molecule has 2 aromatic carbocycles. The summed E-state index contributed by atoms with van der Waals surface area (Å²) in [6.45, 7) is 22.1. The van der Waals surface area contributed by atoms with Crippen LogP contribution in [0.4, 0.5) is 4.39 Å². The quantitative estimate of drug-likeness (QED) is 0.257. The van der Waals surface area contributed by atoms with Crippen molar-refractivity contribution in [3.63, 3.8) is 0 Å². The Morgan fingerprint density at radius 3 is 2.00 bits per heavy atom. The van der Waals surface area contributed by atoms with E-state index in [2.05, 4.69) is 47.2 Å². The minimum absolute atomic E-state index is 0.119. The molecule has 1 heterocycles. The second-order valence-corrected chi connectivity index (χ2v) is 17.8. The molecule has 0 radical (unpaired) electrons. The SMILES string of the molecule is COCOc1cc(B2OC(C)(C)C(C)(C)O2)c2c(C=C[Si](C(C)C)(C(C)C)C(C)C)c(F)ccc2c1. The number of methoxy groups -OCH3 is 1. The predicted octanol–water partition coefficient (Wildman–Crippen LogP) is 7.49. The molecule has 1 saturated heterocycles. The van der Waals surface area contributed by atoms with Crippen LogP contribution < -0.4 is 10.2 Å². The summed E-state index contributed by atoms with van der Waals surface area (Å²) in [5, 5.41) is 1.67. The molecule has 0 unspecified atom stereocenters. The number of halogens is 1. The van der Waals surface area contributed by atoms with Gasteiger partial charge in [-0.05, 0) is 78.8 Å². The Hall–Kier alpha value is -1.67. The van der Waals surface area contributed by atoms with Crippen LogP contribution >= 0.6 is 0 Å². The Kier molecular flexibility index (Phi) is 8.51. The first-order chi connectivity index (χ1) is 16.7. The average molecular weight is 515 g/mol. The molecule has 0 amide bonds. The lowest BCUT2D eigenvalue weighted by Gasteiger charge is -2.40. The molecule has 0 bridgehead atoms. The number of ether oxygens (including phenoxy) is 2. The summed E-state index contributed by atoms with van der Waals surface area (Å²) in [6.07, 6.45) is 2.04. The van der Waals surface area contributed by atoms with Gasteiger partial charge in [0.05, 0.1) is 19.3 Å². The Balaban J connectivity index is 2.28. The first kappa shape index (κ1) is 28.9. The summed E-state index contributed by atoms with van der Waals surface area (Å²) in [6, 6.07) is 7.17. The third-order valence-electron chi connectivity index (χ3n) is 8.50. The van der Waals surface area contributed by atoms with Gasteiger partial charge >= 0.3 is 7.12 Å². The van der Waals surface area contributed by atoms with Crippen molar-refractivity contribution in [2.24, 2.45) is 0 Å². The van der Waals surface area contributed by atoms with Crippen molar-refractivity contribution >= 4 is 37.5 Å². The van der Waals surface area contributed by atoms with Crippen LogP contribution in [0.5, 0.6) is 5.75 Å². The van der Waals surface area contributed by atoms with Crippen LogP contribution in [0.1, 0.15) is 74.8 Å². The molecule has 3 rings (SSSR count). The van der Waals surface area contributed by atoms with E-state index in [1.807, 2.05) is 45.9 Å². The Bertz CT molecular complexity index is 1070. The van der Waals surface area contributed by atoms with Gasteiger partial charge in [0.15, 0.2) is 6.79 Å². The van der Waals surface area contributed by atoms with Crippen molar-refractivity contribution < 1.29 is 23.2 Å². The molecule has 198 valence electrons. The van der Waals surface area contributed by atoms with Crippen LogP contribution in [0.2, 0.25) is 16.6 Å². The van der Waals surface area contributed by atoms with E-state index in [9.17, 15) is 0 Å². The molecule has 4 nitrogen and oxygen atoms in total. The summed E-state index contributed by atoms with van der Waals surface area (Å²) >= 11 is 0.